The first-order valence-electron chi connectivity index (χ1n) is 5.07. The van der Waals surface area contributed by atoms with Gasteiger partial charge in [-0.3, -0.25) is 10.1 Å². The van der Waals surface area contributed by atoms with Crippen LogP contribution >= 0.6 is 0 Å². The van der Waals surface area contributed by atoms with Gasteiger partial charge in [0.2, 0.25) is 6.04 Å². The third kappa shape index (κ3) is 3.51. The SMILES string of the molecule is CC(CCc1cc(F)ccc1C(=O)O)[N+](=O)[O-]. The largest absolute Gasteiger partial charge is 0.478 e. The molecular formula is C11H12FNO4. The van der Waals surface area contributed by atoms with Crippen molar-refractivity contribution in [2.45, 2.75) is 25.8 Å². The van der Waals surface area contributed by atoms with Crippen molar-refractivity contribution in [3.63, 3.8) is 0 Å². The molecule has 0 bridgehead atoms. The maximum Gasteiger partial charge on any atom is 0.335 e. The maximum absolute atomic E-state index is 13.0. The number of hydrogen-bond acceptors (Lipinski definition) is 3. The van der Waals surface area contributed by atoms with Crippen LogP contribution in [0.5, 0.6) is 0 Å². The van der Waals surface area contributed by atoms with Crippen LogP contribution < -0.4 is 0 Å². The topological polar surface area (TPSA) is 80.4 Å². The molecule has 0 aliphatic heterocycles. The maximum atomic E-state index is 13.0. The van der Waals surface area contributed by atoms with E-state index in [4.69, 9.17) is 5.11 Å². The van der Waals surface area contributed by atoms with Gasteiger partial charge >= 0.3 is 5.97 Å². The van der Waals surface area contributed by atoms with Crippen LogP contribution in [-0.4, -0.2) is 22.0 Å². The molecule has 0 saturated carbocycles. The molecule has 1 aromatic rings. The Bertz CT molecular complexity index is 447. The molecular weight excluding hydrogens is 229 g/mol. The molecule has 1 rings (SSSR count). The molecule has 0 saturated heterocycles. The fourth-order valence-electron chi connectivity index (χ4n) is 1.45. The number of aryl methyl sites for hydroxylation is 1. The summed E-state index contributed by atoms with van der Waals surface area (Å²) in [6, 6.07) is 2.56. The minimum atomic E-state index is -1.16. The Kier molecular flexibility index (Phi) is 4.14. The molecule has 0 spiro atoms. The minimum Gasteiger partial charge on any atom is -0.478 e. The number of benzene rings is 1. The molecule has 5 nitrogen and oxygen atoms in total. The molecule has 0 fully saturated rings. The van der Waals surface area contributed by atoms with Crippen LogP contribution in [0.25, 0.3) is 0 Å². The van der Waals surface area contributed by atoms with E-state index in [0.29, 0.717) is 0 Å². The Balaban J connectivity index is 2.85. The highest BCUT2D eigenvalue weighted by molar-refractivity contribution is 5.89. The third-order valence-electron chi connectivity index (χ3n) is 2.49. The molecule has 17 heavy (non-hydrogen) atoms. The monoisotopic (exact) mass is 241 g/mol. The normalized spacial score (nSPS) is 12.1. The summed E-state index contributed by atoms with van der Waals surface area (Å²) < 4.78 is 13.0. The van der Waals surface area contributed by atoms with Gasteiger partial charge in [0, 0.05) is 18.3 Å². The third-order valence-corrected chi connectivity index (χ3v) is 2.49. The van der Waals surface area contributed by atoms with Crippen LogP contribution in [0.4, 0.5) is 4.39 Å². The van der Waals surface area contributed by atoms with Crippen LogP contribution in [0.1, 0.15) is 29.3 Å². The predicted octanol–water partition coefficient (Wildman–Crippen LogP) is 2.12. The van der Waals surface area contributed by atoms with Crippen molar-refractivity contribution in [1.29, 1.82) is 0 Å². The predicted molar refractivity (Wildman–Crippen MR) is 58.1 cm³/mol. The summed E-state index contributed by atoms with van der Waals surface area (Å²) in [6.07, 6.45) is 0.346. The van der Waals surface area contributed by atoms with Crippen molar-refractivity contribution >= 4 is 5.97 Å². The molecule has 92 valence electrons. The highest BCUT2D eigenvalue weighted by Gasteiger charge is 2.16. The van der Waals surface area contributed by atoms with Gasteiger partial charge in [0.25, 0.3) is 0 Å². The number of rotatable bonds is 5. The molecule has 0 aliphatic rings. The second-order valence-corrected chi connectivity index (χ2v) is 3.78. The summed E-state index contributed by atoms with van der Waals surface area (Å²) in [7, 11) is 0. The highest BCUT2D eigenvalue weighted by Crippen LogP contribution is 2.15. The first-order chi connectivity index (χ1) is 7.91. The Hall–Kier alpha value is -1.98. The second-order valence-electron chi connectivity index (χ2n) is 3.78. The van der Waals surface area contributed by atoms with E-state index in [1.165, 1.54) is 13.0 Å². The molecule has 0 heterocycles. The molecule has 6 heteroatoms. The van der Waals surface area contributed by atoms with E-state index in [9.17, 15) is 19.3 Å². The van der Waals surface area contributed by atoms with Gasteiger partial charge in [0.1, 0.15) is 5.82 Å². The average molecular weight is 241 g/mol. The van der Waals surface area contributed by atoms with E-state index in [1.54, 1.807) is 0 Å². The zero-order chi connectivity index (χ0) is 13.0. The van der Waals surface area contributed by atoms with Gasteiger partial charge in [0.15, 0.2) is 0 Å². The van der Waals surface area contributed by atoms with Gasteiger partial charge in [-0.05, 0) is 30.2 Å². The molecule has 0 aromatic heterocycles. The molecule has 1 aromatic carbocycles. The first kappa shape index (κ1) is 13.1. The highest BCUT2D eigenvalue weighted by atomic mass is 19.1. The van der Waals surface area contributed by atoms with E-state index in [-0.39, 0.29) is 24.0 Å². The Labute approximate surface area is 97.0 Å². The summed E-state index contributed by atoms with van der Waals surface area (Å²) in [5.41, 5.74) is 0.271. The molecule has 1 N–H and O–H groups in total. The number of carboxylic acid groups (broad SMARTS) is 1. The van der Waals surface area contributed by atoms with Gasteiger partial charge in [0.05, 0.1) is 5.56 Å². The quantitative estimate of drug-likeness (QED) is 0.632. The van der Waals surface area contributed by atoms with E-state index < -0.39 is 22.8 Å². The smallest absolute Gasteiger partial charge is 0.335 e. The average Bonchev–Trinajstić information content (AvgIpc) is 2.25. The summed E-state index contributed by atoms with van der Waals surface area (Å²) in [5, 5.41) is 19.3. The standard InChI is InChI=1S/C11H12FNO4/c1-7(13(16)17)2-3-8-6-9(12)4-5-10(8)11(14)15/h4-7H,2-3H2,1H3,(H,14,15). The molecule has 1 atom stereocenters. The lowest BCUT2D eigenvalue weighted by Crippen LogP contribution is -2.16. The Morgan fingerprint density at radius 3 is 2.76 bits per heavy atom. The van der Waals surface area contributed by atoms with E-state index in [2.05, 4.69) is 0 Å². The summed E-state index contributed by atoms with van der Waals surface area (Å²) in [5.74, 6) is -1.70. The number of aromatic carboxylic acids is 1. The number of halogens is 1. The van der Waals surface area contributed by atoms with E-state index in [0.717, 1.165) is 12.1 Å². The van der Waals surface area contributed by atoms with Crippen molar-refractivity contribution < 1.29 is 19.2 Å². The first-order valence-corrected chi connectivity index (χ1v) is 5.07. The van der Waals surface area contributed by atoms with Gasteiger partial charge in [-0.1, -0.05) is 0 Å². The van der Waals surface area contributed by atoms with Crippen LogP contribution in [0.2, 0.25) is 0 Å². The lowest BCUT2D eigenvalue weighted by molar-refractivity contribution is -0.518. The van der Waals surface area contributed by atoms with E-state index >= 15 is 0 Å². The lowest BCUT2D eigenvalue weighted by Gasteiger charge is -2.07. The van der Waals surface area contributed by atoms with Gasteiger partial charge in [-0.2, -0.15) is 0 Å². The van der Waals surface area contributed by atoms with Crippen LogP contribution in [0.3, 0.4) is 0 Å². The summed E-state index contributed by atoms with van der Waals surface area (Å²) >= 11 is 0. The van der Waals surface area contributed by atoms with Crippen LogP contribution in [-0.2, 0) is 6.42 Å². The number of carbonyl (C=O) groups is 1. The number of nitro groups is 1. The number of hydrogen-bond donors (Lipinski definition) is 1. The van der Waals surface area contributed by atoms with Crippen molar-refractivity contribution in [2.24, 2.45) is 0 Å². The molecule has 0 amide bonds. The van der Waals surface area contributed by atoms with Crippen molar-refractivity contribution in [3.8, 4) is 0 Å². The molecule has 0 radical (unpaired) electrons. The number of nitrogens with zero attached hydrogens (tertiary/aromatic N) is 1. The van der Waals surface area contributed by atoms with Crippen molar-refractivity contribution in [3.05, 3.63) is 45.3 Å². The Morgan fingerprint density at radius 1 is 1.59 bits per heavy atom. The summed E-state index contributed by atoms with van der Waals surface area (Å²) in [4.78, 5) is 20.8. The van der Waals surface area contributed by atoms with Gasteiger partial charge in [-0.25, -0.2) is 9.18 Å². The fourth-order valence-corrected chi connectivity index (χ4v) is 1.45. The lowest BCUT2D eigenvalue weighted by atomic mass is 10.0. The Morgan fingerprint density at radius 2 is 2.24 bits per heavy atom. The zero-order valence-electron chi connectivity index (χ0n) is 9.22. The second kappa shape index (κ2) is 5.38. The zero-order valence-corrected chi connectivity index (χ0v) is 9.22. The van der Waals surface area contributed by atoms with Crippen LogP contribution in [0, 0.1) is 15.9 Å². The molecule has 1 unspecified atom stereocenters. The van der Waals surface area contributed by atoms with Crippen molar-refractivity contribution in [2.75, 3.05) is 0 Å². The summed E-state index contributed by atoms with van der Waals surface area (Å²) in [6.45, 7) is 1.43. The molecule has 0 aliphatic carbocycles. The number of carboxylic acids is 1. The van der Waals surface area contributed by atoms with Gasteiger partial charge in [-0.15, -0.1) is 0 Å². The minimum absolute atomic E-state index is 0.0121. The van der Waals surface area contributed by atoms with Crippen LogP contribution in [0.15, 0.2) is 18.2 Å². The van der Waals surface area contributed by atoms with Crippen molar-refractivity contribution in [1.82, 2.24) is 0 Å². The van der Waals surface area contributed by atoms with E-state index in [1.807, 2.05) is 0 Å². The van der Waals surface area contributed by atoms with Gasteiger partial charge < -0.3 is 5.11 Å². The fraction of sp³-hybridized carbons (Fsp3) is 0.364.